The van der Waals surface area contributed by atoms with Crippen molar-refractivity contribution in [3.63, 3.8) is 0 Å². The molecule has 20 heteroatoms. The molecule has 3 aliphatic heterocycles. The minimum Gasteiger partial charge on any atom is -0.487 e. The standard InChI is InChI=1S/C45H41F2N6O11P/c46-36-17-31(52-21-33(63-44(52)57)20-50-16-15-48-49-50)13-14-38(36)60-27-45(64-65(58,61-23-28-7-3-1-4-8-28)62-24-29-9-5-2-6-10-29)19-32-25-59-42-39-34(18-37(47)40(42)53(32)26-45)41(54)35(43(55)56)22-51(39)30-11-12-30/h1-10,13-18,22,30,32-33H,11-12,19-21,23-27H2,(H,55,56)/t32-,33?,45+/m1/s1. The van der Waals surface area contributed by atoms with E-state index in [0.29, 0.717) is 11.1 Å². The van der Waals surface area contributed by atoms with Gasteiger partial charge in [-0.05, 0) is 42.2 Å². The molecule has 4 aliphatic rings. The van der Waals surface area contributed by atoms with E-state index in [2.05, 4.69) is 10.3 Å². The van der Waals surface area contributed by atoms with Crippen molar-refractivity contribution >= 4 is 42.2 Å². The van der Waals surface area contributed by atoms with E-state index in [1.165, 1.54) is 34.1 Å². The third-order valence-corrected chi connectivity index (χ3v) is 13.3. The van der Waals surface area contributed by atoms with Crippen LogP contribution in [-0.4, -0.2) is 80.8 Å². The fraction of sp³-hybridized carbons (Fsp3) is 0.311. The number of carboxylic acids is 1. The van der Waals surface area contributed by atoms with E-state index in [0.717, 1.165) is 25.0 Å². The van der Waals surface area contributed by atoms with Gasteiger partial charge in [0.25, 0.3) is 0 Å². The molecule has 5 heterocycles. The highest BCUT2D eigenvalue weighted by molar-refractivity contribution is 7.48. The van der Waals surface area contributed by atoms with Crippen LogP contribution in [0.1, 0.15) is 46.8 Å². The van der Waals surface area contributed by atoms with Crippen molar-refractivity contribution in [3.8, 4) is 11.5 Å². The molecule has 1 aliphatic carbocycles. The number of fused-ring (bicyclic) bond motifs is 5. The second-order valence-corrected chi connectivity index (χ2v) is 18.0. The Morgan fingerprint density at radius 3 is 2.31 bits per heavy atom. The number of hydrogen-bond acceptors (Lipinski definition) is 13. The molecule has 10 rings (SSSR count). The predicted molar refractivity (Wildman–Crippen MR) is 228 cm³/mol. The number of carbonyl (C=O) groups excluding carboxylic acids is 1. The molecule has 4 aromatic carbocycles. The Labute approximate surface area is 369 Å². The first kappa shape index (κ1) is 42.3. The zero-order valence-corrected chi connectivity index (χ0v) is 35.4. The number of anilines is 2. The van der Waals surface area contributed by atoms with Crippen LogP contribution in [0.5, 0.6) is 11.5 Å². The summed E-state index contributed by atoms with van der Waals surface area (Å²) in [6.07, 6.45) is 4.61. The number of carbonyl (C=O) groups is 2. The largest absolute Gasteiger partial charge is 0.487 e. The number of phosphoric ester groups is 1. The number of carboxylic acid groups (broad SMARTS) is 1. The van der Waals surface area contributed by atoms with Crippen LogP contribution < -0.4 is 24.7 Å². The first-order valence-electron chi connectivity index (χ1n) is 20.9. The van der Waals surface area contributed by atoms with Crippen molar-refractivity contribution < 1.29 is 55.8 Å². The number of cyclic esters (lactones) is 1. The summed E-state index contributed by atoms with van der Waals surface area (Å²) in [4.78, 5) is 41.4. The highest BCUT2D eigenvalue weighted by Crippen LogP contribution is 2.58. The molecule has 6 aromatic rings. The monoisotopic (exact) mass is 910 g/mol. The average molecular weight is 911 g/mol. The summed E-state index contributed by atoms with van der Waals surface area (Å²) in [5.74, 6) is -3.30. The van der Waals surface area contributed by atoms with E-state index in [-0.39, 0.29) is 85.7 Å². The summed E-state index contributed by atoms with van der Waals surface area (Å²) in [5.41, 5.74) is -1.19. The first-order valence-corrected chi connectivity index (χ1v) is 22.4. The topological polar surface area (TPSA) is 186 Å². The van der Waals surface area contributed by atoms with Gasteiger partial charge in [0.1, 0.15) is 36.2 Å². The quantitative estimate of drug-likeness (QED) is 0.0956. The fourth-order valence-electron chi connectivity index (χ4n) is 8.60. The molecule has 1 unspecified atom stereocenters. The summed E-state index contributed by atoms with van der Waals surface area (Å²) in [7, 11) is -4.58. The van der Waals surface area contributed by atoms with Crippen LogP contribution in [0.4, 0.5) is 25.0 Å². The van der Waals surface area contributed by atoms with Gasteiger partial charge in [-0.25, -0.2) is 27.6 Å². The third kappa shape index (κ3) is 8.55. The molecule has 3 atom stereocenters. The number of amides is 1. The molecule has 336 valence electrons. The van der Waals surface area contributed by atoms with Gasteiger partial charge < -0.3 is 28.8 Å². The summed E-state index contributed by atoms with van der Waals surface area (Å²) in [5, 5.41) is 17.4. The second kappa shape index (κ2) is 17.0. The van der Waals surface area contributed by atoms with E-state index in [4.69, 9.17) is 27.8 Å². The molecular formula is C45H41F2N6O11P. The van der Waals surface area contributed by atoms with Gasteiger partial charge in [-0.15, -0.1) is 5.10 Å². The van der Waals surface area contributed by atoms with Crippen molar-refractivity contribution in [1.82, 2.24) is 19.6 Å². The van der Waals surface area contributed by atoms with Crippen LogP contribution >= 0.6 is 7.82 Å². The number of rotatable bonds is 16. The van der Waals surface area contributed by atoms with Gasteiger partial charge in [0.05, 0.1) is 61.7 Å². The van der Waals surface area contributed by atoms with Gasteiger partial charge in [0, 0.05) is 30.9 Å². The molecule has 0 radical (unpaired) electrons. The van der Waals surface area contributed by atoms with Crippen LogP contribution in [0.15, 0.2) is 108 Å². The molecule has 65 heavy (non-hydrogen) atoms. The predicted octanol–water partition coefficient (Wildman–Crippen LogP) is 7.28. The van der Waals surface area contributed by atoms with E-state index < -0.39 is 66.9 Å². The van der Waals surface area contributed by atoms with E-state index >= 15 is 13.3 Å². The molecule has 3 fully saturated rings. The molecular weight excluding hydrogens is 869 g/mol. The fourth-order valence-corrected chi connectivity index (χ4v) is 10.1. The van der Waals surface area contributed by atoms with Gasteiger partial charge in [-0.1, -0.05) is 65.9 Å². The van der Waals surface area contributed by atoms with Gasteiger partial charge in [0.15, 0.2) is 23.1 Å². The Morgan fingerprint density at radius 1 is 0.938 bits per heavy atom. The Morgan fingerprint density at radius 2 is 1.66 bits per heavy atom. The van der Waals surface area contributed by atoms with Crippen molar-refractivity contribution in [3.05, 3.63) is 142 Å². The number of halogens is 2. The Balaban J connectivity index is 0.988. The molecule has 1 saturated carbocycles. The number of phosphoric acid groups is 1. The Hall–Kier alpha value is -6.66. The van der Waals surface area contributed by atoms with Crippen molar-refractivity contribution in [2.24, 2.45) is 0 Å². The molecule has 2 saturated heterocycles. The SMILES string of the molecule is O=C(O)c1cn(C2CC2)c2c3c(c(F)cc2c1=O)N1C[C@@](COc2ccc(N4CC(Cn5ccnn5)OC4=O)cc2F)(OP(=O)(OCc2ccccc2)OCc2ccccc2)C[C@@H]1CO3. The highest BCUT2D eigenvalue weighted by Gasteiger charge is 2.54. The maximum atomic E-state index is 16.6. The van der Waals surface area contributed by atoms with Crippen molar-refractivity contribution in [2.45, 2.75) is 62.8 Å². The lowest BCUT2D eigenvalue weighted by atomic mass is 10.0. The lowest BCUT2D eigenvalue weighted by Crippen LogP contribution is -2.43. The molecule has 17 nitrogen and oxygen atoms in total. The van der Waals surface area contributed by atoms with Crippen molar-refractivity contribution in [2.75, 3.05) is 36.1 Å². The van der Waals surface area contributed by atoms with Crippen LogP contribution in [0, 0.1) is 11.6 Å². The van der Waals surface area contributed by atoms with Crippen molar-refractivity contribution in [1.29, 1.82) is 0 Å². The number of hydrogen-bond donors (Lipinski definition) is 1. The molecule has 1 N–H and O–H groups in total. The highest BCUT2D eigenvalue weighted by atomic mass is 31.2. The maximum Gasteiger partial charge on any atom is 0.476 e. The Kier molecular flexibility index (Phi) is 11.1. The molecule has 1 amide bonds. The number of ether oxygens (including phenoxy) is 3. The second-order valence-electron chi connectivity index (χ2n) is 16.4. The minimum atomic E-state index is -4.58. The van der Waals surface area contributed by atoms with Crippen LogP contribution in [0.2, 0.25) is 0 Å². The van der Waals surface area contributed by atoms with Crippen LogP contribution in [-0.2, 0) is 42.6 Å². The number of pyridine rings is 1. The molecule has 2 aromatic heterocycles. The zero-order chi connectivity index (χ0) is 44.9. The minimum absolute atomic E-state index is 0.00281. The molecule has 0 bridgehead atoms. The van der Waals surface area contributed by atoms with E-state index in [1.54, 1.807) is 64.2 Å². The van der Waals surface area contributed by atoms with Gasteiger partial charge in [-0.3, -0.25) is 23.3 Å². The maximum absolute atomic E-state index is 16.6. The van der Waals surface area contributed by atoms with Crippen LogP contribution in [0.3, 0.4) is 0 Å². The zero-order valence-electron chi connectivity index (χ0n) is 34.5. The summed E-state index contributed by atoms with van der Waals surface area (Å²) in [6.45, 7) is -0.665. The van der Waals surface area contributed by atoms with Gasteiger partial charge in [-0.2, -0.15) is 0 Å². The smallest absolute Gasteiger partial charge is 0.476 e. The Bertz CT molecular complexity index is 2840. The third-order valence-electron chi connectivity index (χ3n) is 11.8. The number of aromatic carboxylic acids is 1. The van der Waals surface area contributed by atoms with E-state index in [1.807, 2.05) is 12.1 Å². The summed E-state index contributed by atoms with van der Waals surface area (Å²) in [6, 6.07) is 22.2. The van der Waals surface area contributed by atoms with E-state index in [9.17, 15) is 19.5 Å². The average Bonchev–Trinajstić information content (AvgIpc) is 3.70. The van der Waals surface area contributed by atoms with Crippen LogP contribution in [0.25, 0.3) is 10.9 Å². The first-order chi connectivity index (χ1) is 31.4. The summed E-state index contributed by atoms with van der Waals surface area (Å²) < 4.78 is 87.6. The van der Waals surface area contributed by atoms with Gasteiger partial charge >= 0.3 is 19.9 Å². The lowest BCUT2D eigenvalue weighted by Gasteiger charge is -2.35. The number of aromatic nitrogens is 4. The summed E-state index contributed by atoms with van der Waals surface area (Å²) >= 11 is 0. The van der Waals surface area contributed by atoms with Gasteiger partial charge in [0.2, 0.25) is 5.43 Å². The number of benzene rings is 4. The normalized spacial score (nSPS) is 20.4. The molecule has 0 spiro atoms. The number of nitrogens with zero attached hydrogens (tertiary/aromatic N) is 6. The lowest BCUT2D eigenvalue weighted by molar-refractivity contribution is -0.0139.